The quantitative estimate of drug-likeness (QED) is 0.800. The van der Waals surface area contributed by atoms with Gasteiger partial charge in [0.2, 0.25) is 15.9 Å². The number of carbonyl (C=O) groups is 1. The van der Waals surface area contributed by atoms with Gasteiger partial charge in [0.25, 0.3) is 0 Å². The number of sulfonamides is 1. The van der Waals surface area contributed by atoms with Gasteiger partial charge < -0.3 is 5.32 Å². The summed E-state index contributed by atoms with van der Waals surface area (Å²) in [7, 11) is -3.46. The van der Waals surface area contributed by atoms with Crippen molar-refractivity contribution in [1.29, 1.82) is 0 Å². The number of hydrogen-bond acceptors (Lipinski definition) is 4. The standard InChI is InChI=1S/C16H25N3O3S/c1-23(21,22)19(12-14-7-6-10-17-11-14)13-16(20)18-15-8-4-2-3-5-9-15/h6-7,10-11,15H,2-5,8-9,12-13H2,1H3,(H,18,20). The Morgan fingerprint density at radius 2 is 2.00 bits per heavy atom. The molecule has 1 fully saturated rings. The molecule has 0 aliphatic heterocycles. The summed E-state index contributed by atoms with van der Waals surface area (Å²) in [6.07, 6.45) is 11.0. The van der Waals surface area contributed by atoms with Gasteiger partial charge in [-0.1, -0.05) is 31.7 Å². The van der Waals surface area contributed by atoms with Gasteiger partial charge in [0.15, 0.2) is 0 Å². The molecule has 1 aromatic heterocycles. The first-order valence-electron chi connectivity index (χ1n) is 8.08. The molecule has 0 radical (unpaired) electrons. The Balaban J connectivity index is 1.95. The molecule has 1 aliphatic rings. The number of hydrogen-bond donors (Lipinski definition) is 1. The molecule has 6 nitrogen and oxygen atoms in total. The third-order valence-electron chi connectivity index (χ3n) is 4.09. The zero-order valence-corrected chi connectivity index (χ0v) is 14.4. The highest BCUT2D eigenvalue weighted by Crippen LogP contribution is 2.17. The van der Waals surface area contributed by atoms with Crippen molar-refractivity contribution in [3.63, 3.8) is 0 Å². The molecule has 1 aliphatic carbocycles. The van der Waals surface area contributed by atoms with Gasteiger partial charge in [0.1, 0.15) is 0 Å². The third kappa shape index (κ3) is 6.27. The molecule has 1 saturated carbocycles. The lowest BCUT2D eigenvalue weighted by Crippen LogP contribution is -2.43. The second-order valence-corrected chi connectivity index (χ2v) is 8.13. The van der Waals surface area contributed by atoms with E-state index in [1.165, 1.54) is 17.1 Å². The van der Waals surface area contributed by atoms with Crippen LogP contribution >= 0.6 is 0 Å². The van der Waals surface area contributed by atoms with E-state index in [-0.39, 0.29) is 25.0 Å². The van der Waals surface area contributed by atoms with Crippen LogP contribution in [0, 0.1) is 0 Å². The van der Waals surface area contributed by atoms with Crippen molar-refractivity contribution in [2.75, 3.05) is 12.8 Å². The number of pyridine rings is 1. The summed E-state index contributed by atoms with van der Waals surface area (Å²) >= 11 is 0. The lowest BCUT2D eigenvalue weighted by atomic mass is 10.1. The second-order valence-electron chi connectivity index (χ2n) is 6.15. The maximum atomic E-state index is 12.2. The Hall–Kier alpha value is -1.47. The predicted octanol–water partition coefficient (Wildman–Crippen LogP) is 1.68. The van der Waals surface area contributed by atoms with Gasteiger partial charge in [-0.25, -0.2) is 8.42 Å². The maximum Gasteiger partial charge on any atom is 0.235 e. The molecule has 0 saturated heterocycles. The molecule has 0 atom stereocenters. The van der Waals surface area contributed by atoms with Crippen LogP contribution in [0.15, 0.2) is 24.5 Å². The van der Waals surface area contributed by atoms with E-state index in [0.29, 0.717) is 0 Å². The van der Waals surface area contributed by atoms with Crippen LogP contribution in [0.25, 0.3) is 0 Å². The Morgan fingerprint density at radius 1 is 1.30 bits per heavy atom. The van der Waals surface area contributed by atoms with E-state index in [1.807, 2.05) is 0 Å². The van der Waals surface area contributed by atoms with E-state index in [9.17, 15) is 13.2 Å². The summed E-state index contributed by atoms with van der Waals surface area (Å²) in [5, 5.41) is 2.99. The highest BCUT2D eigenvalue weighted by Gasteiger charge is 2.22. The van der Waals surface area contributed by atoms with E-state index >= 15 is 0 Å². The molecule has 0 unspecified atom stereocenters. The monoisotopic (exact) mass is 339 g/mol. The fraction of sp³-hybridized carbons (Fsp3) is 0.625. The molecule has 128 valence electrons. The summed E-state index contributed by atoms with van der Waals surface area (Å²) in [4.78, 5) is 16.2. The molecule has 1 aromatic rings. The summed E-state index contributed by atoms with van der Waals surface area (Å²) < 4.78 is 25.1. The third-order valence-corrected chi connectivity index (χ3v) is 5.29. The molecule has 2 rings (SSSR count). The van der Waals surface area contributed by atoms with Crippen LogP contribution in [-0.4, -0.2) is 42.5 Å². The molecule has 0 spiro atoms. The van der Waals surface area contributed by atoms with E-state index < -0.39 is 10.0 Å². The number of carbonyl (C=O) groups excluding carboxylic acids is 1. The van der Waals surface area contributed by atoms with Crippen molar-refractivity contribution in [2.24, 2.45) is 0 Å². The minimum Gasteiger partial charge on any atom is -0.352 e. The van der Waals surface area contributed by atoms with Crippen molar-refractivity contribution in [3.8, 4) is 0 Å². The predicted molar refractivity (Wildman–Crippen MR) is 89.1 cm³/mol. The molecule has 23 heavy (non-hydrogen) atoms. The smallest absolute Gasteiger partial charge is 0.235 e. The molecule has 1 amide bonds. The lowest BCUT2D eigenvalue weighted by Gasteiger charge is -2.22. The molecule has 7 heteroatoms. The number of nitrogens with zero attached hydrogens (tertiary/aromatic N) is 2. The van der Waals surface area contributed by atoms with Gasteiger partial charge in [-0.15, -0.1) is 0 Å². The Labute approximate surface area is 138 Å². The molecular weight excluding hydrogens is 314 g/mol. The van der Waals surface area contributed by atoms with Crippen molar-refractivity contribution < 1.29 is 13.2 Å². The van der Waals surface area contributed by atoms with Crippen molar-refractivity contribution in [3.05, 3.63) is 30.1 Å². The maximum absolute atomic E-state index is 12.2. The average Bonchev–Trinajstić information content (AvgIpc) is 2.75. The molecule has 0 bridgehead atoms. The minimum absolute atomic E-state index is 0.149. The topological polar surface area (TPSA) is 79.4 Å². The second kappa shape index (κ2) is 8.40. The van der Waals surface area contributed by atoms with Gasteiger partial charge in [0, 0.05) is 25.0 Å². The van der Waals surface area contributed by atoms with E-state index in [0.717, 1.165) is 37.5 Å². The summed E-state index contributed by atoms with van der Waals surface area (Å²) in [5.41, 5.74) is 0.764. The van der Waals surface area contributed by atoms with Crippen LogP contribution in [0.4, 0.5) is 0 Å². The Kier molecular flexibility index (Phi) is 6.53. The van der Waals surface area contributed by atoms with Crippen LogP contribution in [-0.2, 0) is 21.4 Å². The van der Waals surface area contributed by atoms with Gasteiger partial charge in [0.05, 0.1) is 12.8 Å². The summed E-state index contributed by atoms with van der Waals surface area (Å²) in [6, 6.07) is 3.72. The zero-order valence-electron chi connectivity index (χ0n) is 13.6. The van der Waals surface area contributed by atoms with Gasteiger partial charge in [-0.3, -0.25) is 9.78 Å². The van der Waals surface area contributed by atoms with Crippen LogP contribution in [0.1, 0.15) is 44.1 Å². The molecule has 0 aromatic carbocycles. The average molecular weight is 339 g/mol. The zero-order chi connectivity index (χ0) is 16.7. The lowest BCUT2D eigenvalue weighted by molar-refractivity contribution is -0.122. The molecule has 1 heterocycles. The largest absolute Gasteiger partial charge is 0.352 e. The van der Waals surface area contributed by atoms with E-state index in [2.05, 4.69) is 10.3 Å². The van der Waals surface area contributed by atoms with E-state index in [1.54, 1.807) is 24.5 Å². The van der Waals surface area contributed by atoms with Gasteiger partial charge in [-0.2, -0.15) is 4.31 Å². The SMILES string of the molecule is CS(=O)(=O)N(CC(=O)NC1CCCCCC1)Cc1cccnc1. The summed E-state index contributed by atoms with van der Waals surface area (Å²) in [6.45, 7) is 0.00892. The van der Waals surface area contributed by atoms with Gasteiger partial charge >= 0.3 is 0 Å². The highest BCUT2D eigenvalue weighted by atomic mass is 32.2. The first-order valence-corrected chi connectivity index (χ1v) is 9.93. The van der Waals surface area contributed by atoms with Crippen LogP contribution in [0.5, 0.6) is 0 Å². The van der Waals surface area contributed by atoms with Crippen molar-refractivity contribution in [1.82, 2.24) is 14.6 Å². The van der Waals surface area contributed by atoms with Crippen LogP contribution in [0.2, 0.25) is 0 Å². The number of nitrogens with one attached hydrogen (secondary N) is 1. The van der Waals surface area contributed by atoms with Gasteiger partial charge in [-0.05, 0) is 24.5 Å². The normalized spacial score (nSPS) is 17.0. The van der Waals surface area contributed by atoms with Crippen molar-refractivity contribution >= 4 is 15.9 Å². The summed E-state index contributed by atoms with van der Waals surface area (Å²) in [5.74, 6) is -0.230. The first-order chi connectivity index (χ1) is 10.9. The number of rotatable bonds is 6. The minimum atomic E-state index is -3.46. The fourth-order valence-electron chi connectivity index (χ4n) is 2.84. The number of aromatic nitrogens is 1. The fourth-order valence-corrected chi connectivity index (χ4v) is 3.58. The van der Waals surface area contributed by atoms with Crippen LogP contribution < -0.4 is 5.32 Å². The van der Waals surface area contributed by atoms with Crippen molar-refractivity contribution in [2.45, 2.75) is 51.1 Å². The molecular formula is C16H25N3O3S. The first kappa shape index (κ1) is 17.9. The Morgan fingerprint density at radius 3 is 2.57 bits per heavy atom. The van der Waals surface area contributed by atoms with E-state index in [4.69, 9.17) is 0 Å². The number of amides is 1. The van der Waals surface area contributed by atoms with Crippen LogP contribution in [0.3, 0.4) is 0 Å². The highest BCUT2D eigenvalue weighted by molar-refractivity contribution is 7.88. The Bertz CT molecular complexity index is 596. The molecule has 1 N–H and O–H groups in total.